The zero-order valence-electron chi connectivity index (χ0n) is 18.8. The Morgan fingerprint density at radius 2 is 1.52 bits per heavy atom. The molecule has 1 aliphatic heterocycles. The Balaban J connectivity index is 0.00000341. The highest BCUT2D eigenvalue weighted by molar-refractivity contribution is 5.95. The SMILES string of the molecule is CCOc1cc(C(=O)N2CCN(c3nccn3CC)CC2)cc(OCC)c1OCC.Cl. The molecule has 0 unspecified atom stereocenters. The fraction of sp³-hybridized carbons (Fsp3) is 0.545. The second kappa shape index (κ2) is 11.7. The van der Waals surface area contributed by atoms with E-state index in [1.54, 1.807) is 12.1 Å². The number of halogens is 1. The highest BCUT2D eigenvalue weighted by Crippen LogP contribution is 2.39. The predicted molar refractivity (Wildman–Crippen MR) is 123 cm³/mol. The summed E-state index contributed by atoms with van der Waals surface area (Å²) in [5.41, 5.74) is 0.550. The summed E-state index contributed by atoms with van der Waals surface area (Å²) < 4.78 is 19.4. The summed E-state index contributed by atoms with van der Waals surface area (Å²) in [5.74, 6) is 2.56. The van der Waals surface area contributed by atoms with Crippen LogP contribution in [-0.2, 0) is 6.54 Å². The molecule has 0 radical (unpaired) electrons. The monoisotopic (exact) mass is 452 g/mol. The first-order valence-electron chi connectivity index (χ1n) is 10.7. The lowest BCUT2D eigenvalue weighted by molar-refractivity contribution is 0.0745. The lowest BCUT2D eigenvalue weighted by Gasteiger charge is -2.35. The molecule has 8 nitrogen and oxygen atoms in total. The highest BCUT2D eigenvalue weighted by Gasteiger charge is 2.26. The average Bonchev–Trinajstić information content (AvgIpc) is 3.24. The van der Waals surface area contributed by atoms with Crippen LogP contribution in [0.4, 0.5) is 5.95 Å². The first-order valence-corrected chi connectivity index (χ1v) is 10.7. The van der Waals surface area contributed by atoms with E-state index in [1.807, 2.05) is 38.1 Å². The molecule has 2 aromatic rings. The molecule has 1 aromatic carbocycles. The quantitative estimate of drug-likeness (QED) is 0.580. The van der Waals surface area contributed by atoms with Crippen molar-refractivity contribution in [3.63, 3.8) is 0 Å². The van der Waals surface area contributed by atoms with Gasteiger partial charge in [0.2, 0.25) is 11.7 Å². The van der Waals surface area contributed by atoms with Gasteiger partial charge in [0.1, 0.15) is 0 Å². The third kappa shape index (κ3) is 5.55. The van der Waals surface area contributed by atoms with E-state index >= 15 is 0 Å². The maximum Gasteiger partial charge on any atom is 0.254 e. The van der Waals surface area contributed by atoms with Crippen molar-refractivity contribution < 1.29 is 19.0 Å². The number of nitrogens with zero attached hydrogens (tertiary/aromatic N) is 4. The Kier molecular flexibility index (Phi) is 9.30. The number of amides is 1. The summed E-state index contributed by atoms with van der Waals surface area (Å²) in [4.78, 5) is 21.8. The second-order valence-corrected chi connectivity index (χ2v) is 6.89. The summed E-state index contributed by atoms with van der Waals surface area (Å²) in [6.07, 6.45) is 3.80. The molecular formula is C22H33ClN4O4. The van der Waals surface area contributed by atoms with Crippen molar-refractivity contribution >= 4 is 24.3 Å². The summed E-state index contributed by atoms with van der Waals surface area (Å²) in [7, 11) is 0. The normalized spacial score (nSPS) is 13.5. The number of carbonyl (C=O) groups is 1. The van der Waals surface area contributed by atoms with Gasteiger partial charge >= 0.3 is 0 Å². The van der Waals surface area contributed by atoms with Gasteiger partial charge in [0.15, 0.2) is 11.5 Å². The number of aromatic nitrogens is 2. The number of benzene rings is 1. The molecule has 1 saturated heterocycles. The van der Waals surface area contributed by atoms with Crippen molar-refractivity contribution in [1.29, 1.82) is 0 Å². The van der Waals surface area contributed by atoms with Gasteiger partial charge in [0.25, 0.3) is 5.91 Å². The van der Waals surface area contributed by atoms with Crippen LogP contribution in [0.2, 0.25) is 0 Å². The fourth-order valence-corrected chi connectivity index (χ4v) is 3.64. The van der Waals surface area contributed by atoms with Crippen molar-refractivity contribution in [1.82, 2.24) is 14.5 Å². The van der Waals surface area contributed by atoms with Crippen LogP contribution in [0.3, 0.4) is 0 Å². The van der Waals surface area contributed by atoms with Gasteiger partial charge in [-0.15, -0.1) is 12.4 Å². The van der Waals surface area contributed by atoms with Crippen LogP contribution in [0.5, 0.6) is 17.2 Å². The Morgan fingerprint density at radius 1 is 0.935 bits per heavy atom. The first-order chi connectivity index (χ1) is 14.6. The highest BCUT2D eigenvalue weighted by atomic mass is 35.5. The molecule has 1 amide bonds. The van der Waals surface area contributed by atoms with Crippen LogP contribution in [0.15, 0.2) is 24.5 Å². The maximum atomic E-state index is 13.2. The molecule has 1 aliphatic rings. The third-order valence-corrected chi connectivity index (χ3v) is 5.04. The van der Waals surface area contributed by atoms with Crippen LogP contribution in [0.25, 0.3) is 0 Å². The molecule has 1 aromatic heterocycles. The van der Waals surface area contributed by atoms with Crippen LogP contribution in [-0.4, -0.2) is 66.4 Å². The molecule has 172 valence electrons. The number of rotatable bonds is 9. The van der Waals surface area contributed by atoms with Gasteiger partial charge in [-0.05, 0) is 39.8 Å². The number of imidazole rings is 1. The summed E-state index contributed by atoms with van der Waals surface area (Å²) in [5, 5.41) is 0. The van der Waals surface area contributed by atoms with Crippen molar-refractivity contribution in [2.24, 2.45) is 0 Å². The first kappa shape index (κ1) is 24.7. The molecule has 0 aliphatic carbocycles. The molecule has 2 heterocycles. The fourth-order valence-electron chi connectivity index (χ4n) is 3.64. The van der Waals surface area contributed by atoms with Gasteiger partial charge in [-0.3, -0.25) is 4.79 Å². The number of hydrogen-bond acceptors (Lipinski definition) is 6. The number of ether oxygens (including phenoxy) is 3. The Morgan fingerprint density at radius 3 is 2.03 bits per heavy atom. The van der Waals surface area contributed by atoms with E-state index in [0.29, 0.717) is 55.7 Å². The van der Waals surface area contributed by atoms with E-state index in [-0.39, 0.29) is 18.3 Å². The minimum Gasteiger partial charge on any atom is -0.490 e. The molecule has 1 fully saturated rings. The van der Waals surface area contributed by atoms with Gasteiger partial charge in [-0.1, -0.05) is 0 Å². The van der Waals surface area contributed by atoms with Gasteiger partial charge in [0, 0.05) is 50.7 Å². The van der Waals surface area contributed by atoms with Gasteiger partial charge in [0.05, 0.1) is 19.8 Å². The predicted octanol–water partition coefficient (Wildman–Crippen LogP) is 3.48. The minimum atomic E-state index is -0.0292. The summed E-state index contributed by atoms with van der Waals surface area (Å²) >= 11 is 0. The third-order valence-electron chi connectivity index (χ3n) is 5.04. The lowest BCUT2D eigenvalue weighted by atomic mass is 10.1. The molecule has 9 heteroatoms. The number of aryl methyl sites for hydroxylation is 1. The topological polar surface area (TPSA) is 69.1 Å². The Hall–Kier alpha value is -2.61. The van der Waals surface area contributed by atoms with Gasteiger partial charge < -0.3 is 28.6 Å². The van der Waals surface area contributed by atoms with Crippen molar-refractivity contribution in [3.8, 4) is 17.2 Å². The zero-order valence-corrected chi connectivity index (χ0v) is 19.6. The summed E-state index contributed by atoms with van der Waals surface area (Å²) in [6.45, 7) is 12.9. The average molecular weight is 453 g/mol. The largest absolute Gasteiger partial charge is 0.490 e. The van der Waals surface area contributed by atoms with E-state index in [9.17, 15) is 4.79 Å². The van der Waals surface area contributed by atoms with Crippen molar-refractivity contribution in [2.45, 2.75) is 34.2 Å². The Bertz CT molecular complexity index is 823. The van der Waals surface area contributed by atoms with E-state index < -0.39 is 0 Å². The number of carbonyl (C=O) groups excluding carboxylic acids is 1. The standard InChI is InChI=1S/C22H32N4O4.ClH/c1-5-24-10-9-23-22(24)26-13-11-25(12-14-26)21(27)17-15-18(28-6-2)20(30-8-4)19(16-17)29-7-3;/h9-10,15-16H,5-8,11-14H2,1-4H3;1H. The molecule has 0 saturated carbocycles. The van der Waals surface area contributed by atoms with E-state index in [4.69, 9.17) is 14.2 Å². The van der Waals surface area contributed by atoms with Crippen LogP contribution in [0, 0.1) is 0 Å². The molecule has 0 atom stereocenters. The van der Waals surface area contributed by atoms with E-state index in [2.05, 4.69) is 21.4 Å². The Labute approximate surface area is 190 Å². The molecule has 0 N–H and O–H groups in total. The van der Waals surface area contributed by atoms with E-state index in [0.717, 1.165) is 25.6 Å². The molecule has 0 bridgehead atoms. The number of anilines is 1. The second-order valence-electron chi connectivity index (χ2n) is 6.89. The van der Waals surface area contributed by atoms with E-state index in [1.165, 1.54) is 0 Å². The number of piperazine rings is 1. The zero-order chi connectivity index (χ0) is 21.5. The molecular weight excluding hydrogens is 420 g/mol. The van der Waals surface area contributed by atoms with Crippen LogP contribution < -0.4 is 19.1 Å². The number of hydrogen-bond donors (Lipinski definition) is 0. The lowest BCUT2D eigenvalue weighted by Crippen LogP contribution is -2.49. The minimum absolute atomic E-state index is 0. The van der Waals surface area contributed by atoms with Gasteiger partial charge in [-0.25, -0.2) is 4.98 Å². The van der Waals surface area contributed by atoms with Crippen molar-refractivity contribution in [3.05, 3.63) is 30.1 Å². The maximum absolute atomic E-state index is 13.2. The van der Waals surface area contributed by atoms with Gasteiger partial charge in [-0.2, -0.15) is 0 Å². The van der Waals surface area contributed by atoms with Crippen LogP contribution in [0.1, 0.15) is 38.1 Å². The molecule has 0 spiro atoms. The van der Waals surface area contributed by atoms with Crippen molar-refractivity contribution in [2.75, 3.05) is 50.9 Å². The summed E-state index contributed by atoms with van der Waals surface area (Å²) in [6, 6.07) is 3.52. The molecule has 3 rings (SSSR count). The smallest absolute Gasteiger partial charge is 0.254 e. The van der Waals surface area contributed by atoms with Crippen LogP contribution >= 0.6 is 12.4 Å². The molecule has 31 heavy (non-hydrogen) atoms.